The number of carbonyl (C=O) groups excluding carboxylic acids is 2. The first-order valence-electron chi connectivity index (χ1n) is 6.84. The predicted octanol–water partition coefficient (Wildman–Crippen LogP) is 2.33. The highest BCUT2D eigenvalue weighted by atomic mass is 79.9. The molecule has 0 spiro atoms. The van der Waals surface area contributed by atoms with E-state index in [2.05, 4.69) is 15.9 Å². The smallest absolute Gasteiger partial charge is 0.322 e. The fraction of sp³-hybridized carbons (Fsp3) is 0.375. The number of ether oxygens (including phenoxy) is 3. The van der Waals surface area contributed by atoms with Gasteiger partial charge in [-0.25, -0.2) is 0 Å². The molecular formula is C16H15BrO5. The van der Waals surface area contributed by atoms with E-state index >= 15 is 0 Å². The molecular weight excluding hydrogens is 352 g/mol. The van der Waals surface area contributed by atoms with Crippen molar-refractivity contribution in [2.75, 3.05) is 14.2 Å². The Hall–Kier alpha value is -1.82. The van der Waals surface area contributed by atoms with Gasteiger partial charge in [-0.05, 0) is 23.8 Å². The van der Waals surface area contributed by atoms with E-state index in [9.17, 15) is 9.59 Å². The SMILES string of the molecule is COC(=O)C1C[C@@H]2OC(=O)[C@@]1(c1ccc(OC)cc1)C=C2Br. The Morgan fingerprint density at radius 2 is 2.00 bits per heavy atom. The molecule has 1 unspecified atom stereocenters. The van der Waals surface area contributed by atoms with Gasteiger partial charge in [0, 0.05) is 10.9 Å². The van der Waals surface area contributed by atoms with Crippen molar-refractivity contribution in [3.8, 4) is 5.75 Å². The van der Waals surface area contributed by atoms with Gasteiger partial charge in [0.25, 0.3) is 0 Å². The van der Waals surface area contributed by atoms with Crippen molar-refractivity contribution in [2.24, 2.45) is 5.92 Å². The second kappa shape index (κ2) is 5.43. The fourth-order valence-corrected chi connectivity index (χ4v) is 3.79. The van der Waals surface area contributed by atoms with Crippen molar-refractivity contribution in [1.29, 1.82) is 0 Å². The van der Waals surface area contributed by atoms with Crippen LogP contribution in [0.3, 0.4) is 0 Å². The molecule has 4 rings (SSSR count). The van der Waals surface area contributed by atoms with E-state index in [0.717, 1.165) is 4.48 Å². The number of esters is 2. The molecule has 1 aromatic rings. The molecule has 0 radical (unpaired) electrons. The van der Waals surface area contributed by atoms with Crippen molar-refractivity contribution in [2.45, 2.75) is 17.9 Å². The molecule has 0 aromatic heterocycles. The molecule has 3 aliphatic rings. The van der Waals surface area contributed by atoms with Crippen LogP contribution in [0.2, 0.25) is 0 Å². The molecule has 22 heavy (non-hydrogen) atoms. The Bertz CT molecular complexity index is 651. The lowest BCUT2D eigenvalue weighted by atomic mass is 9.63. The first-order valence-corrected chi connectivity index (χ1v) is 7.64. The standard InChI is InChI=1S/C16H15BrO5/c1-20-10-5-3-9(4-6-10)16-8-12(17)13(22-15(16)19)7-11(16)14(18)21-2/h3-6,8,11,13H,7H2,1-2H3/t11?,13-,16+/m0/s1. The van der Waals surface area contributed by atoms with Crippen LogP contribution in [0.25, 0.3) is 0 Å². The quantitative estimate of drug-likeness (QED) is 0.768. The van der Waals surface area contributed by atoms with Gasteiger partial charge in [0.15, 0.2) is 0 Å². The van der Waals surface area contributed by atoms with E-state index in [4.69, 9.17) is 14.2 Å². The van der Waals surface area contributed by atoms with Gasteiger partial charge >= 0.3 is 11.9 Å². The van der Waals surface area contributed by atoms with E-state index in [-0.39, 0.29) is 0 Å². The summed E-state index contributed by atoms with van der Waals surface area (Å²) in [5, 5.41) is 0. The Labute approximate surface area is 136 Å². The molecule has 6 heteroatoms. The van der Waals surface area contributed by atoms with Gasteiger partial charge in [-0.1, -0.05) is 28.1 Å². The van der Waals surface area contributed by atoms with E-state index in [1.54, 1.807) is 37.5 Å². The zero-order valence-corrected chi connectivity index (χ0v) is 13.8. The summed E-state index contributed by atoms with van der Waals surface area (Å²) >= 11 is 3.44. The number of carbonyl (C=O) groups is 2. The number of fused-ring (bicyclic) bond motifs is 2. The van der Waals surface area contributed by atoms with Crippen LogP contribution in [-0.4, -0.2) is 32.3 Å². The van der Waals surface area contributed by atoms with Crippen LogP contribution in [0.4, 0.5) is 0 Å². The Kier molecular flexibility index (Phi) is 3.72. The summed E-state index contributed by atoms with van der Waals surface area (Å²) < 4.78 is 16.3. The topological polar surface area (TPSA) is 61.8 Å². The Balaban J connectivity index is 2.16. The van der Waals surface area contributed by atoms with E-state index < -0.39 is 29.4 Å². The highest BCUT2D eigenvalue weighted by Gasteiger charge is 2.59. The maximum absolute atomic E-state index is 12.6. The molecule has 2 bridgehead atoms. The summed E-state index contributed by atoms with van der Waals surface area (Å²) in [7, 11) is 2.90. The molecule has 1 aromatic carbocycles. The van der Waals surface area contributed by atoms with Gasteiger partial charge < -0.3 is 14.2 Å². The molecule has 0 N–H and O–H groups in total. The third-order valence-electron chi connectivity index (χ3n) is 4.31. The first kappa shape index (κ1) is 15.1. The normalized spacial score (nSPS) is 29.6. The number of halogens is 1. The molecule has 5 nitrogen and oxygen atoms in total. The van der Waals surface area contributed by atoms with Crippen LogP contribution in [0, 0.1) is 5.92 Å². The third-order valence-corrected chi connectivity index (χ3v) is 5.05. The number of hydrogen-bond donors (Lipinski definition) is 0. The average molecular weight is 367 g/mol. The van der Waals surface area contributed by atoms with Gasteiger partial charge in [0.05, 0.1) is 20.1 Å². The number of hydrogen-bond acceptors (Lipinski definition) is 5. The van der Waals surface area contributed by atoms with Crippen LogP contribution < -0.4 is 4.74 Å². The summed E-state index contributed by atoms with van der Waals surface area (Å²) in [4.78, 5) is 24.8. The van der Waals surface area contributed by atoms with E-state index in [0.29, 0.717) is 17.7 Å². The third kappa shape index (κ3) is 2.05. The molecule has 0 saturated carbocycles. The second-order valence-corrected chi connectivity index (χ2v) is 6.25. The highest BCUT2D eigenvalue weighted by molar-refractivity contribution is 9.11. The minimum Gasteiger partial charge on any atom is -0.497 e. The number of methoxy groups -OCH3 is 2. The van der Waals surface area contributed by atoms with Crippen molar-refractivity contribution in [3.05, 3.63) is 40.4 Å². The van der Waals surface area contributed by atoms with Crippen LogP contribution >= 0.6 is 15.9 Å². The molecule has 3 atom stereocenters. The number of benzene rings is 1. The van der Waals surface area contributed by atoms with Gasteiger partial charge in [0.1, 0.15) is 17.3 Å². The van der Waals surface area contributed by atoms with Crippen molar-refractivity contribution in [1.82, 2.24) is 0 Å². The minimum absolute atomic E-state index is 0.404. The van der Waals surface area contributed by atoms with Crippen molar-refractivity contribution in [3.63, 3.8) is 0 Å². The lowest BCUT2D eigenvalue weighted by Gasteiger charge is -2.46. The molecule has 1 fully saturated rings. The summed E-state index contributed by atoms with van der Waals surface area (Å²) in [6, 6.07) is 7.07. The summed E-state index contributed by atoms with van der Waals surface area (Å²) in [5.41, 5.74) is -0.476. The molecule has 2 heterocycles. The van der Waals surface area contributed by atoms with Gasteiger partial charge in [-0.3, -0.25) is 9.59 Å². The summed E-state index contributed by atoms with van der Waals surface area (Å²) in [5.74, 6) is -0.754. The monoisotopic (exact) mass is 366 g/mol. The van der Waals surface area contributed by atoms with Gasteiger partial charge in [-0.2, -0.15) is 0 Å². The lowest BCUT2D eigenvalue weighted by molar-refractivity contribution is -0.173. The van der Waals surface area contributed by atoms with Crippen LogP contribution in [0.1, 0.15) is 12.0 Å². The predicted molar refractivity (Wildman–Crippen MR) is 81.7 cm³/mol. The fourth-order valence-electron chi connectivity index (χ4n) is 3.15. The zero-order chi connectivity index (χ0) is 15.9. The zero-order valence-electron chi connectivity index (χ0n) is 12.2. The van der Waals surface area contributed by atoms with Crippen LogP contribution in [-0.2, 0) is 24.5 Å². The Morgan fingerprint density at radius 1 is 1.32 bits per heavy atom. The molecule has 2 aliphatic heterocycles. The van der Waals surface area contributed by atoms with Crippen molar-refractivity contribution < 1.29 is 23.8 Å². The van der Waals surface area contributed by atoms with Crippen LogP contribution in [0.15, 0.2) is 34.8 Å². The first-order chi connectivity index (χ1) is 10.5. The molecule has 0 amide bonds. The largest absolute Gasteiger partial charge is 0.497 e. The minimum atomic E-state index is -1.16. The van der Waals surface area contributed by atoms with Crippen molar-refractivity contribution >= 4 is 27.9 Å². The van der Waals surface area contributed by atoms with Crippen LogP contribution in [0.5, 0.6) is 5.75 Å². The van der Waals surface area contributed by atoms with Gasteiger partial charge in [-0.15, -0.1) is 0 Å². The molecule has 1 aliphatic carbocycles. The highest BCUT2D eigenvalue weighted by Crippen LogP contribution is 2.50. The summed E-state index contributed by atoms with van der Waals surface area (Å²) in [6.07, 6.45) is 1.76. The van der Waals surface area contributed by atoms with E-state index in [1.807, 2.05) is 0 Å². The second-order valence-electron chi connectivity index (χ2n) is 5.33. The molecule has 116 valence electrons. The number of rotatable bonds is 3. The molecule has 1 saturated heterocycles. The average Bonchev–Trinajstić information content (AvgIpc) is 2.55. The van der Waals surface area contributed by atoms with Gasteiger partial charge in [0.2, 0.25) is 0 Å². The maximum Gasteiger partial charge on any atom is 0.322 e. The lowest BCUT2D eigenvalue weighted by Crippen LogP contribution is -2.56. The maximum atomic E-state index is 12.6. The summed E-state index contributed by atoms with van der Waals surface area (Å²) in [6.45, 7) is 0. The Morgan fingerprint density at radius 3 is 2.59 bits per heavy atom. The van der Waals surface area contributed by atoms with E-state index in [1.165, 1.54) is 7.11 Å².